The molecule has 3 saturated carbocycles. The number of hydrogen-bond acceptors (Lipinski definition) is 14. The van der Waals surface area contributed by atoms with E-state index >= 15 is 0 Å². The van der Waals surface area contributed by atoms with Gasteiger partial charge < -0.3 is 59.8 Å². The number of rotatable bonds is 11. The maximum atomic E-state index is 14.0. The second-order valence-electron chi connectivity index (χ2n) is 18.3. The van der Waals surface area contributed by atoms with E-state index in [4.69, 9.17) is 18.9 Å². The van der Waals surface area contributed by atoms with E-state index < -0.39 is 85.5 Å². The van der Waals surface area contributed by atoms with Crippen LogP contribution in [0.5, 0.6) is 0 Å². The molecule has 2 aliphatic heterocycles. The zero-order valence-corrected chi connectivity index (χ0v) is 32.7. The van der Waals surface area contributed by atoms with E-state index in [1.54, 1.807) is 0 Å². The molecule has 55 heavy (non-hydrogen) atoms. The predicted octanol–water partition coefficient (Wildman–Crippen LogP) is 1.62. The van der Waals surface area contributed by atoms with Crippen LogP contribution in [0.2, 0.25) is 0 Å². The topological polar surface area (TPSA) is 250 Å². The van der Waals surface area contributed by atoms with Crippen molar-refractivity contribution in [2.45, 2.75) is 160 Å². The fraction of sp³-hybridized carbons (Fsp3) is 0.875. The van der Waals surface area contributed by atoms with Crippen LogP contribution in [-0.4, -0.2) is 133 Å². The van der Waals surface area contributed by atoms with E-state index in [2.05, 4.69) is 13.8 Å². The van der Waals surface area contributed by atoms with Gasteiger partial charge in [-0.25, -0.2) is 4.79 Å². The van der Waals surface area contributed by atoms with Gasteiger partial charge in [0.15, 0.2) is 24.4 Å². The molecular formula is C40H62O15. The predicted molar refractivity (Wildman–Crippen MR) is 192 cm³/mol. The van der Waals surface area contributed by atoms with Gasteiger partial charge in [0.1, 0.15) is 48.5 Å². The molecule has 8 N–H and O–H groups in total. The molecule has 0 spiro atoms. The number of allylic oxidation sites excluding steroid dienone is 2. The minimum Gasteiger partial charge on any atom is -0.504 e. The Bertz CT molecular complexity index is 1480. The lowest BCUT2D eigenvalue weighted by Gasteiger charge is -2.60. The SMILES string of the molecule is CC(C)[C@@H](C)C(=O)C[C@@H](C)C1=C(O)C(=O)[C@@H]2[C@@H]3CC[C@H]4C[C@@H](O[C@@H]5O[C@H](C(=O)O)[C@@H](O)[C@H](O)[C@H]5O[C@@H]5O[C@H](CO)[C@@H](O)[C@H](O)[C@H]5O)CC[C@]4(C)[C@H]3CC[C@]12C. The lowest BCUT2D eigenvalue weighted by Crippen LogP contribution is -2.65. The molecule has 0 bridgehead atoms. The molecule has 0 unspecified atom stereocenters. The quantitative estimate of drug-likeness (QED) is 0.139. The minimum absolute atomic E-state index is 0.0491. The standard InChI is InChI=1S/C40H62O15/c1-16(2)18(4)23(42)13-17(3)25-28(44)29(45)26-21-8-7-19-14-20(9-11-39(19,5)22(21)10-12-40(25,26)6)52-38-35(32(48)31(47)34(54-38)36(50)51)55-37-33(49)30(46)27(43)24(15-41)53-37/h16-22,24,26-27,30-35,37-38,41,43-44,46-49H,7-15H2,1-6H3,(H,50,51)/t17-,18-,19+,20+,21-,22+,24-,26+,27-,30+,31+,32+,33-,34+,35-,37+,38-,39+,40-/m1/s1. The lowest BCUT2D eigenvalue weighted by molar-refractivity contribution is -0.369. The number of fused-ring (bicyclic) bond motifs is 5. The van der Waals surface area contributed by atoms with Crippen LogP contribution in [0.4, 0.5) is 0 Å². The zero-order chi connectivity index (χ0) is 40.5. The summed E-state index contributed by atoms with van der Waals surface area (Å²) in [5, 5.41) is 83.7. The number of carboxylic acids is 1. The maximum Gasteiger partial charge on any atom is 0.335 e. The summed E-state index contributed by atoms with van der Waals surface area (Å²) in [5.74, 6) is -1.91. The molecule has 0 amide bonds. The second-order valence-corrected chi connectivity index (χ2v) is 18.3. The van der Waals surface area contributed by atoms with E-state index in [-0.39, 0.29) is 70.6 Å². The van der Waals surface area contributed by atoms with E-state index in [0.717, 1.165) is 24.8 Å². The molecule has 6 rings (SSSR count). The van der Waals surface area contributed by atoms with E-state index in [0.29, 0.717) is 25.7 Å². The molecule has 6 aliphatic rings. The van der Waals surface area contributed by atoms with Gasteiger partial charge in [0.25, 0.3) is 0 Å². The highest BCUT2D eigenvalue weighted by Crippen LogP contribution is 2.67. The Morgan fingerprint density at radius 2 is 1.55 bits per heavy atom. The average Bonchev–Trinajstić information content (AvgIpc) is 3.34. The number of carbonyl (C=O) groups excluding carboxylic acids is 2. The number of ketones is 2. The fourth-order valence-corrected chi connectivity index (χ4v) is 11.5. The first-order chi connectivity index (χ1) is 25.8. The van der Waals surface area contributed by atoms with Crippen LogP contribution < -0.4 is 0 Å². The third kappa shape index (κ3) is 7.33. The van der Waals surface area contributed by atoms with Crippen molar-refractivity contribution in [3.63, 3.8) is 0 Å². The molecule has 0 aromatic carbocycles. The molecule has 15 nitrogen and oxygen atoms in total. The molecule has 15 heteroatoms. The highest BCUT2D eigenvalue weighted by molar-refractivity contribution is 6.00. The highest BCUT2D eigenvalue weighted by atomic mass is 16.8. The maximum absolute atomic E-state index is 14.0. The van der Waals surface area contributed by atoms with Gasteiger partial charge in [-0.05, 0) is 85.5 Å². The molecule has 312 valence electrons. The van der Waals surface area contributed by atoms with Gasteiger partial charge in [-0.1, -0.05) is 41.5 Å². The molecular weight excluding hydrogens is 720 g/mol. The van der Waals surface area contributed by atoms with E-state index in [1.165, 1.54) is 0 Å². The lowest BCUT2D eigenvalue weighted by atomic mass is 9.44. The monoisotopic (exact) mass is 782 g/mol. The van der Waals surface area contributed by atoms with Crippen LogP contribution >= 0.6 is 0 Å². The van der Waals surface area contributed by atoms with Crippen LogP contribution in [0, 0.1) is 52.3 Å². The molecule has 19 atom stereocenters. The van der Waals surface area contributed by atoms with Crippen LogP contribution in [-0.2, 0) is 33.3 Å². The summed E-state index contributed by atoms with van der Waals surface area (Å²) >= 11 is 0. The van der Waals surface area contributed by atoms with Gasteiger partial charge in [0, 0.05) is 23.7 Å². The Kier molecular flexibility index (Phi) is 12.3. The summed E-state index contributed by atoms with van der Waals surface area (Å²) in [6.07, 6.45) is -12.4. The molecule has 0 radical (unpaired) electrons. The van der Waals surface area contributed by atoms with Crippen molar-refractivity contribution in [1.82, 2.24) is 0 Å². The molecule has 0 aromatic rings. The van der Waals surface area contributed by atoms with Crippen molar-refractivity contribution < 1.29 is 74.2 Å². The van der Waals surface area contributed by atoms with Gasteiger partial charge in [-0.3, -0.25) is 9.59 Å². The van der Waals surface area contributed by atoms with Crippen molar-refractivity contribution in [2.75, 3.05) is 6.61 Å². The van der Waals surface area contributed by atoms with Crippen LogP contribution in [0.15, 0.2) is 11.3 Å². The molecule has 0 aromatic heterocycles. The smallest absolute Gasteiger partial charge is 0.335 e. The first kappa shape index (κ1) is 42.6. The number of aliphatic hydroxyl groups excluding tert-OH is 7. The first-order valence-corrected chi connectivity index (χ1v) is 20.1. The average molecular weight is 783 g/mol. The third-order valence-corrected chi connectivity index (χ3v) is 14.9. The van der Waals surface area contributed by atoms with Gasteiger partial charge in [-0.15, -0.1) is 0 Å². The number of aliphatic hydroxyl groups is 7. The number of hydrogen-bond donors (Lipinski definition) is 8. The van der Waals surface area contributed by atoms with Crippen LogP contribution in [0.3, 0.4) is 0 Å². The number of carbonyl (C=O) groups is 3. The second kappa shape index (κ2) is 16.0. The van der Waals surface area contributed by atoms with Crippen molar-refractivity contribution in [3.05, 3.63) is 11.3 Å². The Hall–Kier alpha value is -2.05. The third-order valence-electron chi connectivity index (χ3n) is 14.9. The molecule has 5 fully saturated rings. The molecule has 2 saturated heterocycles. The minimum atomic E-state index is -1.95. The largest absolute Gasteiger partial charge is 0.504 e. The summed E-state index contributed by atoms with van der Waals surface area (Å²) in [6, 6.07) is 0. The van der Waals surface area contributed by atoms with Crippen LogP contribution in [0.1, 0.15) is 92.9 Å². The van der Waals surface area contributed by atoms with Crippen molar-refractivity contribution in [3.8, 4) is 0 Å². The Balaban J connectivity index is 1.16. The Labute approximate surface area is 322 Å². The van der Waals surface area contributed by atoms with Gasteiger partial charge in [0.2, 0.25) is 5.78 Å². The van der Waals surface area contributed by atoms with E-state index in [9.17, 15) is 55.2 Å². The fourth-order valence-electron chi connectivity index (χ4n) is 11.5. The summed E-state index contributed by atoms with van der Waals surface area (Å²) in [4.78, 5) is 39.1. The van der Waals surface area contributed by atoms with E-state index in [1.807, 2.05) is 27.7 Å². The van der Waals surface area contributed by atoms with Gasteiger partial charge in [0.05, 0.1) is 12.7 Å². The Morgan fingerprint density at radius 1 is 0.855 bits per heavy atom. The first-order valence-electron chi connectivity index (χ1n) is 20.1. The van der Waals surface area contributed by atoms with Gasteiger partial charge in [-0.2, -0.15) is 0 Å². The summed E-state index contributed by atoms with van der Waals surface area (Å²) in [6.45, 7) is 11.6. The van der Waals surface area contributed by atoms with Crippen molar-refractivity contribution in [1.29, 1.82) is 0 Å². The number of aliphatic carboxylic acids is 1. The molecule has 2 heterocycles. The number of ether oxygens (including phenoxy) is 4. The van der Waals surface area contributed by atoms with Crippen molar-refractivity contribution >= 4 is 17.5 Å². The Morgan fingerprint density at radius 3 is 2.18 bits per heavy atom. The number of carboxylic acid groups (broad SMARTS) is 1. The summed E-state index contributed by atoms with van der Waals surface area (Å²) in [7, 11) is 0. The van der Waals surface area contributed by atoms with Crippen molar-refractivity contribution in [2.24, 2.45) is 52.3 Å². The normalized spacial score (nSPS) is 47.1. The van der Waals surface area contributed by atoms with Gasteiger partial charge >= 0.3 is 5.97 Å². The highest BCUT2D eigenvalue weighted by Gasteiger charge is 2.64. The van der Waals surface area contributed by atoms with Crippen LogP contribution in [0.25, 0.3) is 0 Å². The summed E-state index contributed by atoms with van der Waals surface area (Å²) in [5.41, 5.74) is 0.0257. The number of Topliss-reactive ketones (excluding diaryl/α,β-unsaturated/α-hetero) is 2. The zero-order valence-electron chi connectivity index (χ0n) is 32.7. The summed E-state index contributed by atoms with van der Waals surface area (Å²) < 4.78 is 23.3. The molecule has 4 aliphatic carbocycles.